The van der Waals surface area contributed by atoms with Gasteiger partial charge in [-0.2, -0.15) is 0 Å². The third-order valence-electron chi connectivity index (χ3n) is 2.99. The molecule has 1 aromatic rings. The van der Waals surface area contributed by atoms with Crippen LogP contribution in [0.25, 0.3) is 0 Å². The number of carboxylic acid groups (broad SMARTS) is 1. The minimum Gasteiger partial charge on any atom is -0.482 e. The van der Waals surface area contributed by atoms with Crippen LogP contribution < -0.4 is 9.64 Å². The first-order chi connectivity index (χ1) is 8.91. The zero-order valence-electron chi connectivity index (χ0n) is 10.5. The van der Waals surface area contributed by atoms with E-state index >= 15 is 0 Å². The summed E-state index contributed by atoms with van der Waals surface area (Å²) in [6.07, 6.45) is 0. The first-order valence-electron chi connectivity index (χ1n) is 5.74. The van der Waals surface area contributed by atoms with E-state index in [0.29, 0.717) is 17.0 Å². The average Bonchev–Trinajstić information content (AvgIpc) is 2.37. The Morgan fingerprint density at radius 2 is 2.11 bits per heavy atom. The van der Waals surface area contributed by atoms with Gasteiger partial charge >= 0.3 is 5.97 Å². The molecule has 100 valence electrons. The Hall–Kier alpha value is -2.37. The van der Waals surface area contributed by atoms with Crippen LogP contribution in [0, 0.1) is 0 Å². The first kappa shape index (κ1) is 13.1. The lowest BCUT2D eigenvalue weighted by Gasteiger charge is -2.32. The molecule has 0 aliphatic carbocycles. The number of ether oxygens (including phenoxy) is 1. The monoisotopic (exact) mass is 263 g/mol. The molecule has 19 heavy (non-hydrogen) atoms. The van der Waals surface area contributed by atoms with E-state index in [-0.39, 0.29) is 12.4 Å². The molecule has 0 bridgehead atoms. The number of carboxylic acids is 1. The highest BCUT2D eigenvalue weighted by molar-refractivity contribution is 6.04. The topological polar surface area (TPSA) is 83.9 Å². The number of anilines is 1. The average molecular weight is 263 g/mol. The molecule has 1 heterocycles. The Balaban J connectivity index is 2.53. The number of nitrogens with zero attached hydrogens (tertiary/aromatic N) is 1. The third kappa shape index (κ3) is 2.29. The summed E-state index contributed by atoms with van der Waals surface area (Å²) < 4.78 is 5.24. The van der Waals surface area contributed by atoms with Gasteiger partial charge in [0, 0.05) is 5.56 Å². The number of benzene rings is 1. The summed E-state index contributed by atoms with van der Waals surface area (Å²) in [5.41, 5.74) is 0.721. The van der Waals surface area contributed by atoms with Crippen molar-refractivity contribution >= 4 is 23.3 Å². The Morgan fingerprint density at radius 3 is 2.68 bits per heavy atom. The van der Waals surface area contributed by atoms with Crippen LogP contribution >= 0.6 is 0 Å². The van der Waals surface area contributed by atoms with Gasteiger partial charge in [-0.1, -0.05) is 0 Å². The summed E-state index contributed by atoms with van der Waals surface area (Å²) in [6.45, 7) is 2.61. The maximum Gasteiger partial charge on any atom is 0.326 e. The van der Waals surface area contributed by atoms with E-state index in [1.807, 2.05) is 0 Å². The minimum atomic E-state index is -1.12. The predicted octanol–water partition coefficient (Wildman–Crippen LogP) is 1.09. The molecule has 0 spiro atoms. The fraction of sp³-hybridized carbons (Fsp3) is 0.308. The van der Waals surface area contributed by atoms with E-state index in [1.165, 1.54) is 19.9 Å². The maximum absolute atomic E-state index is 11.8. The number of fused-ring (bicyclic) bond motifs is 1. The zero-order chi connectivity index (χ0) is 14.2. The number of carbonyl (C=O) groups is 3. The first-order valence-corrected chi connectivity index (χ1v) is 5.74. The van der Waals surface area contributed by atoms with Gasteiger partial charge < -0.3 is 9.84 Å². The molecule has 1 amide bonds. The lowest BCUT2D eigenvalue weighted by molar-refractivity contribution is -0.140. The number of ketones is 1. The molecule has 0 fully saturated rings. The fourth-order valence-electron chi connectivity index (χ4n) is 1.93. The van der Waals surface area contributed by atoms with Gasteiger partial charge in [-0.15, -0.1) is 0 Å². The van der Waals surface area contributed by atoms with E-state index in [9.17, 15) is 14.4 Å². The van der Waals surface area contributed by atoms with E-state index in [0.717, 1.165) is 4.90 Å². The van der Waals surface area contributed by atoms with Crippen LogP contribution in [-0.4, -0.2) is 35.4 Å². The molecule has 0 unspecified atom stereocenters. The summed E-state index contributed by atoms with van der Waals surface area (Å²) >= 11 is 0. The molecule has 1 aliphatic heterocycles. The summed E-state index contributed by atoms with van der Waals surface area (Å²) in [7, 11) is 0. The second-order valence-corrected chi connectivity index (χ2v) is 4.31. The standard InChI is InChI=1S/C13H13NO5/c1-7(13(17)18)14-10-5-9(8(2)15)3-4-11(10)19-6-12(14)16/h3-5,7H,6H2,1-2H3,(H,17,18)/t7-/m0/s1. The molecule has 6 heteroatoms. The molecular formula is C13H13NO5. The largest absolute Gasteiger partial charge is 0.482 e. The summed E-state index contributed by atoms with van der Waals surface area (Å²) in [5.74, 6) is -1.32. The second-order valence-electron chi connectivity index (χ2n) is 4.31. The van der Waals surface area contributed by atoms with Crippen molar-refractivity contribution in [3.8, 4) is 5.75 Å². The highest BCUT2D eigenvalue weighted by atomic mass is 16.5. The fourth-order valence-corrected chi connectivity index (χ4v) is 1.93. The van der Waals surface area contributed by atoms with Crippen LogP contribution in [0.3, 0.4) is 0 Å². The highest BCUT2D eigenvalue weighted by Gasteiger charge is 2.33. The molecule has 0 saturated carbocycles. The lowest BCUT2D eigenvalue weighted by Crippen LogP contribution is -2.48. The number of Topliss-reactive ketones (excluding diaryl/α,β-unsaturated/α-hetero) is 1. The molecule has 0 aromatic heterocycles. The smallest absolute Gasteiger partial charge is 0.326 e. The van der Waals surface area contributed by atoms with Crippen LogP contribution in [0.5, 0.6) is 5.75 Å². The van der Waals surface area contributed by atoms with Crippen molar-refractivity contribution in [2.45, 2.75) is 19.9 Å². The normalized spacial score (nSPS) is 15.5. The van der Waals surface area contributed by atoms with E-state index in [2.05, 4.69) is 0 Å². The number of hydrogen-bond acceptors (Lipinski definition) is 4. The third-order valence-corrected chi connectivity index (χ3v) is 2.99. The van der Waals surface area contributed by atoms with Gasteiger partial charge in [0.05, 0.1) is 5.69 Å². The van der Waals surface area contributed by atoms with Crippen LogP contribution in [0.2, 0.25) is 0 Å². The van der Waals surface area contributed by atoms with Gasteiger partial charge in [-0.25, -0.2) is 4.79 Å². The van der Waals surface area contributed by atoms with Crippen molar-refractivity contribution in [3.05, 3.63) is 23.8 Å². The van der Waals surface area contributed by atoms with E-state index in [4.69, 9.17) is 9.84 Å². The maximum atomic E-state index is 11.8. The number of aliphatic carboxylic acids is 1. The van der Waals surface area contributed by atoms with E-state index < -0.39 is 17.9 Å². The number of hydrogen-bond donors (Lipinski definition) is 1. The summed E-state index contributed by atoms with van der Waals surface area (Å²) in [6, 6.07) is 3.62. The van der Waals surface area contributed by atoms with E-state index in [1.54, 1.807) is 12.1 Å². The molecular weight excluding hydrogens is 250 g/mol. The van der Waals surface area contributed by atoms with Crippen LogP contribution in [0.15, 0.2) is 18.2 Å². The predicted molar refractivity (Wildman–Crippen MR) is 66.5 cm³/mol. The molecule has 0 radical (unpaired) electrons. The van der Waals surface area contributed by atoms with Crippen molar-refractivity contribution in [1.82, 2.24) is 0 Å². The zero-order valence-corrected chi connectivity index (χ0v) is 10.5. The summed E-state index contributed by atoms with van der Waals surface area (Å²) in [5, 5.41) is 9.05. The Bertz CT molecular complexity index is 566. The highest BCUT2D eigenvalue weighted by Crippen LogP contribution is 2.34. The molecule has 1 atom stereocenters. The molecule has 0 saturated heterocycles. The second kappa shape index (κ2) is 4.72. The van der Waals surface area contributed by atoms with Crippen LogP contribution in [0.4, 0.5) is 5.69 Å². The van der Waals surface area contributed by atoms with Gasteiger partial charge in [0.15, 0.2) is 12.4 Å². The van der Waals surface area contributed by atoms with Crippen LogP contribution in [0.1, 0.15) is 24.2 Å². The Labute approximate surface area is 109 Å². The van der Waals surface area contributed by atoms with Gasteiger partial charge in [0.1, 0.15) is 11.8 Å². The lowest BCUT2D eigenvalue weighted by atomic mass is 10.1. The SMILES string of the molecule is CC(=O)c1ccc2c(c1)N([C@@H](C)C(=O)O)C(=O)CO2. The Morgan fingerprint density at radius 1 is 1.42 bits per heavy atom. The molecule has 1 aliphatic rings. The summed E-state index contributed by atoms with van der Waals surface area (Å²) in [4.78, 5) is 35.4. The molecule has 1 aromatic carbocycles. The number of carbonyl (C=O) groups excluding carboxylic acids is 2. The van der Waals surface area contributed by atoms with Crippen molar-refractivity contribution in [3.63, 3.8) is 0 Å². The quantitative estimate of drug-likeness (QED) is 0.825. The van der Waals surface area contributed by atoms with Crippen molar-refractivity contribution in [2.75, 3.05) is 11.5 Å². The molecule has 6 nitrogen and oxygen atoms in total. The van der Waals surface area contributed by atoms with Crippen molar-refractivity contribution in [1.29, 1.82) is 0 Å². The van der Waals surface area contributed by atoms with Gasteiger partial charge in [0.25, 0.3) is 5.91 Å². The minimum absolute atomic E-state index is 0.163. The number of rotatable bonds is 3. The van der Waals surface area contributed by atoms with Crippen molar-refractivity contribution in [2.24, 2.45) is 0 Å². The molecule has 2 rings (SSSR count). The van der Waals surface area contributed by atoms with Crippen molar-refractivity contribution < 1.29 is 24.2 Å². The van der Waals surface area contributed by atoms with Gasteiger partial charge in [-0.05, 0) is 32.0 Å². The van der Waals surface area contributed by atoms with Gasteiger partial charge in [-0.3, -0.25) is 14.5 Å². The molecule has 1 N–H and O–H groups in total. The van der Waals surface area contributed by atoms with Crippen LogP contribution in [-0.2, 0) is 9.59 Å². The Kier molecular flexibility index (Phi) is 3.25. The van der Waals surface area contributed by atoms with Gasteiger partial charge in [0.2, 0.25) is 0 Å². The number of amides is 1.